The molecule has 0 saturated carbocycles. The van der Waals surface area contributed by atoms with Gasteiger partial charge in [-0.1, -0.05) is 24.3 Å². The van der Waals surface area contributed by atoms with Crippen LogP contribution in [0, 0.1) is 6.92 Å². The van der Waals surface area contributed by atoms with E-state index in [0.717, 1.165) is 12.1 Å². The number of hydrogen-bond donors (Lipinski definition) is 0. The van der Waals surface area contributed by atoms with Gasteiger partial charge < -0.3 is 4.57 Å². The van der Waals surface area contributed by atoms with Crippen molar-refractivity contribution in [3.05, 3.63) is 41.9 Å². The van der Waals surface area contributed by atoms with Crippen LogP contribution in [-0.2, 0) is 6.42 Å². The lowest BCUT2D eigenvalue weighted by atomic mass is 10.1. The highest BCUT2D eigenvalue weighted by molar-refractivity contribution is 5.63. The SMILES string of the molecule is Cc1ccccc1-c1cn2c(n1)CCC[C@H]2C. The number of imidazole rings is 1. The fourth-order valence-corrected chi connectivity index (χ4v) is 2.68. The molecule has 0 amide bonds. The van der Waals surface area contributed by atoms with E-state index in [4.69, 9.17) is 4.98 Å². The van der Waals surface area contributed by atoms with Gasteiger partial charge in [0.1, 0.15) is 5.82 Å². The molecule has 0 aliphatic carbocycles. The minimum absolute atomic E-state index is 0.601. The molecule has 2 heterocycles. The molecule has 0 bridgehead atoms. The van der Waals surface area contributed by atoms with Crippen molar-refractivity contribution in [1.82, 2.24) is 9.55 Å². The van der Waals surface area contributed by atoms with Crippen LogP contribution >= 0.6 is 0 Å². The lowest BCUT2D eigenvalue weighted by Gasteiger charge is -2.20. The molecule has 1 aromatic carbocycles. The van der Waals surface area contributed by atoms with Gasteiger partial charge in [-0.3, -0.25) is 0 Å². The van der Waals surface area contributed by atoms with Crippen LogP contribution in [0.5, 0.6) is 0 Å². The van der Waals surface area contributed by atoms with Gasteiger partial charge in [-0.15, -0.1) is 0 Å². The summed E-state index contributed by atoms with van der Waals surface area (Å²) in [6, 6.07) is 9.08. The Hall–Kier alpha value is -1.57. The minimum Gasteiger partial charge on any atom is -0.331 e. The van der Waals surface area contributed by atoms with E-state index in [1.807, 2.05) is 0 Å². The second-order valence-electron chi connectivity index (χ2n) is 5.01. The van der Waals surface area contributed by atoms with Crippen molar-refractivity contribution in [3.63, 3.8) is 0 Å². The normalized spacial score (nSPS) is 19.1. The molecule has 0 radical (unpaired) electrons. The molecule has 2 heteroatoms. The summed E-state index contributed by atoms with van der Waals surface area (Å²) < 4.78 is 2.35. The third kappa shape index (κ3) is 1.78. The number of hydrogen-bond acceptors (Lipinski definition) is 1. The van der Waals surface area contributed by atoms with Gasteiger partial charge >= 0.3 is 0 Å². The van der Waals surface area contributed by atoms with Gasteiger partial charge in [0.25, 0.3) is 0 Å². The predicted octanol–water partition coefficient (Wildman–Crippen LogP) is 3.76. The summed E-state index contributed by atoms with van der Waals surface area (Å²) in [5.74, 6) is 1.25. The maximum Gasteiger partial charge on any atom is 0.109 e. The average molecular weight is 226 g/mol. The molecule has 2 aromatic rings. The maximum absolute atomic E-state index is 4.80. The van der Waals surface area contributed by atoms with Gasteiger partial charge in [-0.25, -0.2) is 4.98 Å². The van der Waals surface area contributed by atoms with Gasteiger partial charge in [0.05, 0.1) is 5.69 Å². The Morgan fingerprint density at radius 2 is 2.12 bits per heavy atom. The van der Waals surface area contributed by atoms with Crippen LogP contribution in [0.2, 0.25) is 0 Å². The first-order chi connectivity index (χ1) is 8.25. The molecule has 0 saturated heterocycles. The Kier molecular flexibility index (Phi) is 2.50. The van der Waals surface area contributed by atoms with Crippen LogP contribution in [0.1, 0.15) is 37.2 Å². The van der Waals surface area contributed by atoms with E-state index < -0.39 is 0 Å². The summed E-state index contributed by atoms with van der Waals surface area (Å²) in [6.07, 6.45) is 5.89. The number of benzene rings is 1. The summed E-state index contributed by atoms with van der Waals surface area (Å²) in [5, 5.41) is 0. The molecule has 0 unspecified atom stereocenters. The van der Waals surface area contributed by atoms with Gasteiger partial charge in [0, 0.05) is 24.2 Å². The highest BCUT2D eigenvalue weighted by Gasteiger charge is 2.18. The summed E-state index contributed by atoms with van der Waals surface area (Å²) in [7, 11) is 0. The zero-order valence-electron chi connectivity index (χ0n) is 10.5. The summed E-state index contributed by atoms with van der Waals surface area (Å²) in [5.41, 5.74) is 3.70. The molecule has 0 fully saturated rings. The summed E-state index contributed by atoms with van der Waals surface area (Å²) >= 11 is 0. The highest BCUT2D eigenvalue weighted by Crippen LogP contribution is 2.29. The van der Waals surface area contributed by atoms with Crippen molar-refractivity contribution in [3.8, 4) is 11.3 Å². The van der Waals surface area contributed by atoms with E-state index in [-0.39, 0.29) is 0 Å². The van der Waals surface area contributed by atoms with Gasteiger partial charge in [0.2, 0.25) is 0 Å². The van der Waals surface area contributed by atoms with E-state index in [9.17, 15) is 0 Å². The van der Waals surface area contributed by atoms with Crippen LogP contribution < -0.4 is 0 Å². The van der Waals surface area contributed by atoms with Crippen molar-refractivity contribution in [1.29, 1.82) is 0 Å². The van der Waals surface area contributed by atoms with Gasteiger partial charge in [-0.2, -0.15) is 0 Å². The second-order valence-corrected chi connectivity index (χ2v) is 5.01. The van der Waals surface area contributed by atoms with Gasteiger partial charge in [0.15, 0.2) is 0 Å². The van der Waals surface area contributed by atoms with Crippen LogP contribution in [0.4, 0.5) is 0 Å². The first-order valence-corrected chi connectivity index (χ1v) is 6.39. The monoisotopic (exact) mass is 226 g/mol. The van der Waals surface area contributed by atoms with E-state index >= 15 is 0 Å². The maximum atomic E-state index is 4.80. The van der Waals surface area contributed by atoms with Crippen molar-refractivity contribution < 1.29 is 0 Å². The van der Waals surface area contributed by atoms with Crippen LogP contribution in [0.15, 0.2) is 30.5 Å². The molecule has 0 N–H and O–H groups in total. The fourth-order valence-electron chi connectivity index (χ4n) is 2.68. The van der Waals surface area contributed by atoms with Crippen molar-refractivity contribution in [2.75, 3.05) is 0 Å². The Bertz CT molecular complexity index is 540. The second kappa shape index (κ2) is 4.02. The van der Waals surface area contributed by atoms with Crippen molar-refractivity contribution in [2.24, 2.45) is 0 Å². The number of fused-ring (bicyclic) bond motifs is 1. The van der Waals surface area contributed by atoms with Crippen molar-refractivity contribution in [2.45, 2.75) is 39.2 Å². The first-order valence-electron chi connectivity index (χ1n) is 6.39. The zero-order valence-corrected chi connectivity index (χ0v) is 10.5. The number of aromatic nitrogens is 2. The Labute approximate surface area is 102 Å². The third-order valence-electron chi connectivity index (χ3n) is 3.73. The van der Waals surface area contributed by atoms with Crippen LogP contribution in [0.3, 0.4) is 0 Å². The van der Waals surface area contributed by atoms with Gasteiger partial charge in [-0.05, 0) is 32.3 Å². The lowest BCUT2D eigenvalue weighted by molar-refractivity contribution is 0.426. The summed E-state index contributed by atoms with van der Waals surface area (Å²) in [4.78, 5) is 4.80. The molecule has 88 valence electrons. The van der Waals surface area contributed by atoms with Crippen LogP contribution in [0.25, 0.3) is 11.3 Å². The first kappa shape index (κ1) is 10.6. The zero-order chi connectivity index (χ0) is 11.8. The third-order valence-corrected chi connectivity index (χ3v) is 3.73. The standard InChI is InChI=1S/C15H18N2/c1-11-6-3-4-8-13(11)14-10-17-12(2)7-5-9-15(17)16-14/h3-4,6,8,10,12H,5,7,9H2,1-2H3/t12-/m1/s1. The fraction of sp³-hybridized carbons (Fsp3) is 0.400. The molecule has 1 aliphatic heterocycles. The summed E-state index contributed by atoms with van der Waals surface area (Å²) in [6.45, 7) is 4.43. The average Bonchev–Trinajstić information content (AvgIpc) is 2.75. The smallest absolute Gasteiger partial charge is 0.109 e. The largest absolute Gasteiger partial charge is 0.331 e. The molecule has 1 atom stereocenters. The Balaban J connectivity index is 2.08. The molecule has 1 aliphatic rings. The molecule has 17 heavy (non-hydrogen) atoms. The molecular formula is C15H18N2. The Morgan fingerprint density at radius 3 is 2.88 bits per heavy atom. The van der Waals surface area contributed by atoms with E-state index in [0.29, 0.717) is 6.04 Å². The molecular weight excluding hydrogens is 208 g/mol. The minimum atomic E-state index is 0.601. The molecule has 2 nitrogen and oxygen atoms in total. The van der Waals surface area contributed by atoms with E-state index in [1.54, 1.807) is 0 Å². The highest BCUT2D eigenvalue weighted by atomic mass is 15.1. The van der Waals surface area contributed by atoms with E-state index in [2.05, 4.69) is 48.9 Å². The number of aryl methyl sites for hydroxylation is 2. The lowest BCUT2D eigenvalue weighted by Crippen LogP contribution is -2.14. The van der Waals surface area contributed by atoms with Crippen molar-refractivity contribution >= 4 is 0 Å². The van der Waals surface area contributed by atoms with E-state index in [1.165, 1.54) is 29.8 Å². The molecule has 1 aromatic heterocycles. The topological polar surface area (TPSA) is 17.8 Å². The number of nitrogens with zero attached hydrogens (tertiary/aromatic N) is 2. The number of rotatable bonds is 1. The molecule has 0 spiro atoms. The molecule has 3 rings (SSSR count). The predicted molar refractivity (Wildman–Crippen MR) is 70.0 cm³/mol. The Morgan fingerprint density at radius 1 is 1.29 bits per heavy atom. The quantitative estimate of drug-likeness (QED) is 0.724. The van der Waals surface area contributed by atoms with Crippen LogP contribution in [-0.4, -0.2) is 9.55 Å².